The van der Waals surface area contributed by atoms with Crippen LogP contribution in [0.15, 0.2) is 0 Å². The smallest absolute Gasteiger partial charge is 0.0504 e. The average molecular weight is 234 g/mol. The molecule has 0 rings (SSSR count). The van der Waals surface area contributed by atoms with Gasteiger partial charge in [0, 0.05) is 50.3 Å². The van der Waals surface area contributed by atoms with Crippen molar-refractivity contribution in [3.8, 4) is 0 Å². The molecule has 0 fully saturated rings. The van der Waals surface area contributed by atoms with Crippen molar-refractivity contribution in [3.05, 3.63) is 0 Å². The summed E-state index contributed by atoms with van der Waals surface area (Å²) in [7, 11) is 1.44. The monoisotopic (exact) mass is 233 g/mol. The van der Waals surface area contributed by atoms with Crippen LogP contribution < -0.4 is 0 Å². The minimum absolute atomic E-state index is 0. The van der Waals surface area contributed by atoms with Crippen LogP contribution in [-0.4, -0.2) is 24.4 Å². The van der Waals surface area contributed by atoms with E-state index in [2.05, 4.69) is 0 Å². The Labute approximate surface area is 74.1 Å². The van der Waals surface area contributed by atoms with Gasteiger partial charge in [0.1, 0.15) is 0 Å². The molecule has 5 heteroatoms. The van der Waals surface area contributed by atoms with E-state index in [-0.39, 0.29) is 50.3 Å². The zero-order valence-corrected chi connectivity index (χ0v) is 10.1. The molecule has 0 saturated carbocycles. The molecule has 0 bridgehead atoms. The van der Waals surface area contributed by atoms with Gasteiger partial charge in [0.15, 0.2) is 15.6 Å². The standard InChI is InChI=1S/Al.Co.Fe.Ni.H3Si.2H/h;;;;1H3;;. The van der Waals surface area contributed by atoms with Crippen molar-refractivity contribution in [1.82, 2.24) is 0 Å². The van der Waals surface area contributed by atoms with E-state index < -0.39 is 0 Å². The predicted octanol–water partition coefficient (Wildman–Crippen LogP) is -2.11. The molecule has 0 aliphatic carbocycles. The fourth-order valence-corrected chi connectivity index (χ4v) is 0. The maximum atomic E-state index is 1.44. The summed E-state index contributed by atoms with van der Waals surface area (Å²) in [6.45, 7) is 0. The molecule has 0 nitrogen and oxygen atoms in total. The summed E-state index contributed by atoms with van der Waals surface area (Å²) in [5.41, 5.74) is 0. The van der Waals surface area contributed by atoms with Crippen molar-refractivity contribution in [2.75, 3.05) is 0 Å². The van der Waals surface area contributed by atoms with Gasteiger partial charge in [-0.05, 0) is 0 Å². The molecule has 0 aromatic carbocycles. The van der Waals surface area contributed by atoms with Crippen LogP contribution in [0.5, 0.6) is 0 Å². The normalized spacial score (nSPS) is 1.60. The maximum absolute atomic E-state index is 1.44. The molecule has 0 amide bonds. The number of hydrogen-bond donors (Lipinski definition) is 0. The summed E-state index contributed by atoms with van der Waals surface area (Å²) in [5.74, 6) is 0. The van der Waals surface area contributed by atoms with Crippen LogP contribution in [0.1, 0.15) is 0 Å². The zero-order chi connectivity index (χ0) is 2.00. The SMILES string of the molecule is [AlH2][SiH3].[Co].[Fe].[Ni]. The van der Waals surface area contributed by atoms with E-state index in [1.165, 1.54) is 24.4 Å². The average Bonchev–Trinajstić information content (AvgIpc) is 1.00. The van der Waals surface area contributed by atoms with E-state index in [0.29, 0.717) is 0 Å². The van der Waals surface area contributed by atoms with Crippen molar-refractivity contribution in [3.63, 3.8) is 0 Å². The van der Waals surface area contributed by atoms with Gasteiger partial charge in [-0.2, -0.15) is 0 Å². The zero-order valence-electron chi connectivity index (χ0n) is 3.00. The van der Waals surface area contributed by atoms with Crippen molar-refractivity contribution in [1.29, 1.82) is 0 Å². The third-order valence-electron chi connectivity index (χ3n) is 0. The fraction of sp³-hybridized carbons (Fsp3) is 0. The van der Waals surface area contributed by atoms with Crippen molar-refractivity contribution in [2.45, 2.75) is 0 Å². The first-order valence-electron chi connectivity index (χ1n) is 1.00. The van der Waals surface area contributed by atoms with Crippen LogP contribution in [0.25, 0.3) is 0 Å². The third kappa shape index (κ3) is 22.2. The summed E-state index contributed by atoms with van der Waals surface area (Å²) in [4.78, 5) is 0. The Hall–Kier alpha value is 2.27. The maximum Gasteiger partial charge on any atom is 0.193 e. The topological polar surface area (TPSA) is 0 Å². The first-order chi connectivity index (χ1) is 1.00. The second-order valence-corrected chi connectivity index (χ2v) is 0. The minimum atomic E-state index is 0. The van der Waals surface area contributed by atoms with Crippen LogP contribution >= 0.6 is 0 Å². The van der Waals surface area contributed by atoms with Gasteiger partial charge in [0.05, 0.1) is 0 Å². The van der Waals surface area contributed by atoms with Crippen LogP contribution in [0.2, 0.25) is 0 Å². The number of hydrogen-bond acceptors (Lipinski definition) is 0. The van der Waals surface area contributed by atoms with E-state index in [0.717, 1.165) is 0 Å². The summed E-state index contributed by atoms with van der Waals surface area (Å²) in [6.07, 6.45) is 0. The molecule has 0 aromatic heterocycles. The minimum Gasteiger partial charge on any atom is -0.0504 e. The molecular weight excluding hydrogens is 229 g/mol. The predicted molar refractivity (Wildman–Crippen MR) is 18.5 cm³/mol. The van der Waals surface area contributed by atoms with Gasteiger partial charge in [-0.3, -0.25) is 0 Å². The van der Waals surface area contributed by atoms with Gasteiger partial charge in [0.25, 0.3) is 0 Å². The Morgan fingerprint density at radius 3 is 1.20 bits per heavy atom. The molecule has 0 N–H and O–H groups in total. The van der Waals surface area contributed by atoms with Crippen molar-refractivity contribution >= 4 is 24.4 Å². The van der Waals surface area contributed by atoms with Gasteiger partial charge < -0.3 is 0 Å². The molecule has 0 unspecified atom stereocenters. The summed E-state index contributed by atoms with van der Waals surface area (Å²) < 4.78 is 0. The van der Waals surface area contributed by atoms with Crippen LogP contribution in [0.4, 0.5) is 0 Å². The molecule has 0 aliphatic heterocycles. The third-order valence-corrected chi connectivity index (χ3v) is 0. The van der Waals surface area contributed by atoms with Gasteiger partial charge in [-0.1, -0.05) is 8.80 Å². The Bertz CT molecular complexity index is 11.6. The van der Waals surface area contributed by atoms with Crippen molar-refractivity contribution < 1.29 is 50.3 Å². The van der Waals surface area contributed by atoms with E-state index in [4.69, 9.17) is 0 Å². The second-order valence-electron chi connectivity index (χ2n) is 0. The summed E-state index contributed by atoms with van der Waals surface area (Å²) in [5, 5.41) is 0. The van der Waals surface area contributed by atoms with Crippen LogP contribution in [0.3, 0.4) is 0 Å². The quantitative estimate of drug-likeness (QED) is 0.420. The Morgan fingerprint density at radius 1 is 1.20 bits per heavy atom. The first-order valence-corrected chi connectivity index (χ1v) is 9.00. The van der Waals surface area contributed by atoms with Crippen LogP contribution in [0, 0.1) is 0 Å². The fourth-order valence-electron chi connectivity index (χ4n) is 0. The summed E-state index contributed by atoms with van der Waals surface area (Å²) >= 11 is 1.44. The van der Waals surface area contributed by atoms with E-state index in [1.807, 2.05) is 0 Å². The largest absolute Gasteiger partial charge is 0.193 e. The van der Waals surface area contributed by atoms with E-state index in [9.17, 15) is 0 Å². The number of rotatable bonds is 0. The molecule has 0 heterocycles. The molecule has 1 radical (unpaired) electrons. The van der Waals surface area contributed by atoms with Crippen molar-refractivity contribution in [2.24, 2.45) is 0 Å². The van der Waals surface area contributed by atoms with Gasteiger partial charge >= 0.3 is 0 Å². The molecule has 0 aliphatic rings. The molecule has 0 atom stereocenters. The first kappa shape index (κ1) is 26.7. The van der Waals surface area contributed by atoms with E-state index in [1.54, 1.807) is 0 Å². The van der Waals surface area contributed by atoms with Gasteiger partial charge in [0.2, 0.25) is 0 Å². The molecule has 0 aromatic rings. The summed E-state index contributed by atoms with van der Waals surface area (Å²) in [6, 6.07) is 0. The molecular formula is H5AlCoFeNiSi. The molecule has 0 spiro atoms. The van der Waals surface area contributed by atoms with Gasteiger partial charge in [-0.25, -0.2) is 0 Å². The van der Waals surface area contributed by atoms with Crippen LogP contribution in [-0.2, 0) is 50.3 Å². The molecule has 39 valence electrons. The second kappa shape index (κ2) is 33.8. The molecule has 0 saturated heterocycles. The Kier molecular flexibility index (Phi) is 181. The molecule has 5 heavy (non-hydrogen) atoms. The van der Waals surface area contributed by atoms with E-state index >= 15 is 0 Å². The van der Waals surface area contributed by atoms with Gasteiger partial charge in [-0.15, -0.1) is 0 Å². The Morgan fingerprint density at radius 2 is 1.20 bits per heavy atom. The Balaban J connectivity index is -0.00000000167.